The molecule has 1 aromatic rings. The van der Waals surface area contributed by atoms with Crippen molar-refractivity contribution in [1.29, 1.82) is 0 Å². The molecule has 0 aliphatic carbocycles. The lowest BCUT2D eigenvalue weighted by molar-refractivity contribution is 0.0927. The van der Waals surface area contributed by atoms with E-state index >= 15 is 0 Å². The highest BCUT2D eigenvalue weighted by Crippen LogP contribution is 2.36. The highest BCUT2D eigenvalue weighted by Gasteiger charge is 2.25. The van der Waals surface area contributed by atoms with E-state index in [1.165, 1.54) is 0 Å². The van der Waals surface area contributed by atoms with Gasteiger partial charge in [0, 0.05) is 29.1 Å². The number of fused-ring (bicyclic) bond motifs is 2. The Morgan fingerprint density at radius 3 is 2.75 bits per heavy atom. The summed E-state index contributed by atoms with van der Waals surface area (Å²) in [6.07, 6.45) is 1.01. The Bertz CT molecular complexity index is 448. The van der Waals surface area contributed by atoms with Crippen LogP contribution in [0.5, 0.6) is 5.75 Å². The quantitative estimate of drug-likeness (QED) is 0.691. The maximum atomic E-state index is 11.7. The van der Waals surface area contributed by atoms with Gasteiger partial charge in [0.15, 0.2) is 11.6 Å². The number of ketones is 2. The average molecular weight is 234 g/mol. The predicted octanol–water partition coefficient (Wildman–Crippen LogP) is 2.33. The molecule has 4 heteroatoms. The van der Waals surface area contributed by atoms with E-state index in [-0.39, 0.29) is 11.6 Å². The Morgan fingerprint density at radius 2 is 1.88 bits per heavy atom. The molecule has 0 saturated heterocycles. The first kappa shape index (κ1) is 9.90. The highest BCUT2D eigenvalue weighted by atomic mass is 32.2. The number of hydrogen-bond acceptors (Lipinski definition) is 4. The molecule has 2 aliphatic rings. The third kappa shape index (κ3) is 1.45. The van der Waals surface area contributed by atoms with E-state index in [1.54, 1.807) is 17.8 Å². The van der Waals surface area contributed by atoms with E-state index in [1.807, 2.05) is 6.07 Å². The van der Waals surface area contributed by atoms with Crippen molar-refractivity contribution in [2.24, 2.45) is 0 Å². The van der Waals surface area contributed by atoms with Crippen LogP contribution >= 0.6 is 11.8 Å². The van der Waals surface area contributed by atoms with Crippen LogP contribution in [0, 0.1) is 0 Å². The summed E-state index contributed by atoms with van der Waals surface area (Å²) in [6.45, 7) is 0.423. The zero-order chi connectivity index (χ0) is 11.1. The number of rotatable bonds is 0. The maximum absolute atomic E-state index is 11.7. The number of carbonyl (C=O) groups excluding carboxylic acids is 2. The van der Waals surface area contributed by atoms with Crippen molar-refractivity contribution in [3.05, 3.63) is 23.3 Å². The number of hydrogen-bond donors (Lipinski definition) is 0. The fourth-order valence-electron chi connectivity index (χ4n) is 2.01. The van der Waals surface area contributed by atoms with Gasteiger partial charge >= 0.3 is 0 Å². The Morgan fingerprint density at radius 1 is 1.06 bits per heavy atom. The summed E-state index contributed by atoms with van der Waals surface area (Å²) in [4.78, 5) is 24.3. The Hall–Kier alpha value is -1.29. The first-order chi connectivity index (χ1) is 7.75. The van der Waals surface area contributed by atoms with Crippen molar-refractivity contribution in [2.75, 3.05) is 12.4 Å². The van der Waals surface area contributed by atoms with Crippen LogP contribution in [-0.2, 0) is 0 Å². The number of carbonyl (C=O) groups is 2. The van der Waals surface area contributed by atoms with Gasteiger partial charge in [-0.05, 0) is 12.1 Å². The van der Waals surface area contributed by atoms with Crippen molar-refractivity contribution in [3.8, 4) is 5.75 Å². The molecule has 0 amide bonds. The van der Waals surface area contributed by atoms with Gasteiger partial charge in [-0.1, -0.05) is 0 Å². The summed E-state index contributed by atoms with van der Waals surface area (Å²) in [6, 6.07) is 3.55. The Balaban J connectivity index is 2.17. The zero-order valence-corrected chi connectivity index (χ0v) is 9.43. The average Bonchev–Trinajstić information content (AvgIpc) is 2.29. The molecule has 82 valence electrons. The molecule has 3 rings (SSSR count). The third-order valence-corrected chi connectivity index (χ3v) is 3.91. The fraction of sp³-hybridized carbons (Fsp3) is 0.333. The molecule has 0 saturated carbocycles. The second kappa shape index (κ2) is 3.63. The van der Waals surface area contributed by atoms with Gasteiger partial charge in [0.25, 0.3) is 0 Å². The summed E-state index contributed by atoms with van der Waals surface area (Å²) in [7, 11) is 0. The molecule has 3 nitrogen and oxygen atoms in total. The van der Waals surface area contributed by atoms with Gasteiger partial charge in [0.05, 0.1) is 12.2 Å². The molecule has 16 heavy (non-hydrogen) atoms. The Kier molecular flexibility index (Phi) is 2.24. The van der Waals surface area contributed by atoms with E-state index in [0.717, 1.165) is 10.6 Å². The van der Waals surface area contributed by atoms with Crippen molar-refractivity contribution >= 4 is 23.3 Å². The molecule has 0 spiro atoms. The van der Waals surface area contributed by atoms with Crippen LogP contribution in [0.25, 0.3) is 0 Å². The second-order valence-corrected chi connectivity index (χ2v) is 5.02. The molecule has 0 N–H and O–H groups in total. The largest absolute Gasteiger partial charge is 0.492 e. The SMILES string of the molecule is O=C1CCOc2cc3c(cc21)SCCC3=O. The van der Waals surface area contributed by atoms with E-state index in [0.29, 0.717) is 36.3 Å². The zero-order valence-electron chi connectivity index (χ0n) is 8.62. The lowest BCUT2D eigenvalue weighted by Crippen LogP contribution is -2.17. The maximum Gasteiger partial charge on any atom is 0.170 e. The summed E-state index contributed by atoms with van der Waals surface area (Å²) in [5, 5.41) is 0. The predicted molar refractivity (Wildman–Crippen MR) is 60.6 cm³/mol. The molecule has 0 radical (unpaired) electrons. The molecular weight excluding hydrogens is 224 g/mol. The number of thioether (sulfide) groups is 1. The van der Waals surface area contributed by atoms with Crippen LogP contribution < -0.4 is 4.74 Å². The van der Waals surface area contributed by atoms with Gasteiger partial charge in [-0.25, -0.2) is 0 Å². The van der Waals surface area contributed by atoms with E-state index < -0.39 is 0 Å². The van der Waals surface area contributed by atoms with E-state index in [9.17, 15) is 9.59 Å². The normalized spacial score (nSPS) is 18.8. The van der Waals surface area contributed by atoms with Crippen molar-refractivity contribution in [2.45, 2.75) is 17.7 Å². The van der Waals surface area contributed by atoms with Crippen LogP contribution in [-0.4, -0.2) is 23.9 Å². The fourth-order valence-corrected chi connectivity index (χ4v) is 3.05. The summed E-state index contributed by atoms with van der Waals surface area (Å²) in [5.41, 5.74) is 1.34. The monoisotopic (exact) mass is 234 g/mol. The van der Waals surface area contributed by atoms with Gasteiger partial charge in [0.2, 0.25) is 0 Å². The van der Waals surface area contributed by atoms with Crippen LogP contribution in [0.4, 0.5) is 0 Å². The van der Waals surface area contributed by atoms with Crippen molar-refractivity contribution in [1.82, 2.24) is 0 Å². The number of benzene rings is 1. The second-order valence-electron chi connectivity index (χ2n) is 3.89. The standard InChI is InChI=1S/C12H10O3S/c13-9-1-3-15-11-5-8-10(14)2-4-16-12(8)6-7(9)11/h5-6H,1-4H2. The van der Waals surface area contributed by atoms with Gasteiger partial charge in [-0.15, -0.1) is 11.8 Å². The summed E-state index contributed by atoms with van der Waals surface area (Å²) >= 11 is 1.64. The van der Waals surface area contributed by atoms with Crippen LogP contribution in [0.15, 0.2) is 17.0 Å². The van der Waals surface area contributed by atoms with Crippen LogP contribution in [0.2, 0.25) is 0 Å². The van der Waals surface area contributed by atoms with Gasteiger partial charge in [-0.3, -0.25) is 9.59 Å². The minimum absolute atomic E-state index is 0.114. The number of Topliss-reactive ketones (excluding diaryl/α,β-unsaturated/α-hetero) is 2. The van der Waals surface area contributed by atoms with Crippen molar-refractivity contribution in [3.63, 3.8) is 0 Å². The van der Waals surface area contributed by atoms with Crippen molar-refractivity contribution < 1.29 is 14.3 Å². The van der Waals surface area contributed by atoms with Gasteiger partial charge in [-0.2, -0.15) is 0 Å². The van der Waals surface area contributed by atoms with Crippen LogP contribution in [0.3, 0.4) is 0 Å². The minimum Gasteiger partial charge on any atom is -0.492 e. The smallest absolute Gasteiger partial charge is 0.170 e. The lowest BCUT2D eigenvalue weighted by atomic mass is 10.00. The number of ether oxygens (including phenoxy) is 1. The van der Waals surface area contributed by atoms with E-state index in [2.05, 4.69) is 0 Å². The van der Waals surface area contributed by atoms with Gasteiger partial charge < -0.3 is 4.74 Å². The molecule has 0 aromatic heterocycles. The molecular formula is C12H10O3S. The summed E-state index contributed by atoms with van der Waals surface area (Å²) in [5.74, 6) is 1.64. The first-order valence-corrected chi connectivity index (χ1v) is 6.24. The molecule has 0 fully saturated rings. The molecule has 2 heterocycles. The molecule has 0 unspecified atom stereocenters. The molecule has 0 bridgehead atoms. The minimum atomic E-state index is 0.114. The molecule has 0 atom stereocenters. The van der Waals surface area contributed by atoms with Crippen LogP contribution in [0.1, 0.15) is 33.6 Å². The third-order valence-electron chi connectivity index (χ3n) is 2.86. The molecule has 1 aromatic carbocycles. The van der Waals surface area contributed by atoms with E-state index in [4.69, 9.17) is 4.74 Å². The first-order valence-electron chi connectivity index (χ1n) is 5.26. The lowest BCUT2D eigenvalue weighted by Gasteiger charge is -2.21. The highest BCUT2D eigenvalue weighted by molar-refractivity contribution is 7.99. The molecule has 2 aliphatic heterocycles. The van der Waals surface area contributed by atoms with Gasteiger partial charge in [0.1, 0.15) is 5.75 Å². The Labute approximate surface area is 97.2 Å². The summed E-state index contributed by atoms with van der Waals surface area (Å²) < 4.78 is 5.43. The topological polar surface area (TPSA) is 43.4 Å².